The molecule has 0 heterocycles. The van der Waals surface area contributed by atoms with Gasteiger partial charge < -0.3 is 5.32 Å². The van der Waals surface area contributed by atoms with Crippen LogP contribution in [0, 0.1) is 0 Å². The van der Waals surface area contributed by atoms with Crippen molar-refractivity contribution in [1.82, 2.24) is 5.32 Å². The first kappa shape index (κ1) is 8.57. The zero-order valence-electron chi connectivity index (χ0n) is 6.03. The first-order valence-corrected chi connectivity index (χ1v) is 3.26. The van der Waals surface area contributed by atoms with Gasteiger partial charge in [-0.05, 0) is 19.9 Å². The van der Waals surface area contributed by atoms with Crippen molar-refractivity contribution >= 4 is 11.6 Å². The molecule has 0 aliphatic carbocycles. The van der Waals surface area contributed by atoms with E-state index in [9.17, 15) is 0 Å². The monoisotopic (exact) mass is 145 g/mol. The summed E-state index contributed by atoms with van der Waals surface area (Å²) < 4.78 is 0. The molecular formula is C7H12ClN. The van der Waals surface area contributed by atoms with E-state index in [-0.39, 0.29) is 0 Å². The highest BCUT2D eigenvalue weighted by atomic mass is 35.5. The van der Waals surface area contributed by atoms with Gasteiger partial charge >= 0.3 is 0 Å². The van der Waals surface area contributed by atoms with E-state index in [1.54, 1.807) is 0 Å². The SMILES string of the molecule is C/C=C(Cl)\C=C(/C)NC. The van der Waals surface area contributed by atoms with Crippen LogP contribution >= 0.6 is 11.6 Å². The Morgan fingerprint density at radius 1 is 1.56 bits per heavy atom. The number of hydrogen-bond donors (Lipinski definition) is 1. The van der Waals surface area contributed by atoms with Gasteiger partial charge in [0, 0.05) is 17.8 Å². The van der Waals surface area contributed by atoms with Crippen LogP contribution in [0.4, 0.5) is 0 Å². The average molecular weight is 146 g/mol. The molecule has 0 radical (unpaired) electrons. The summed E-state index contributed by atoms with van der Waals surface area (Å²) in [6.45, 7) is 3.87. The molecule has 0 rings (SSSR count). The molecule has 0 aliphatic rings. The third kappa shape index (κ3) is 4.10. The van der Waals surface area contributed by atoms with E-state index >= 15 is 0 Å². The quantitative estimate of drug-likeness (QED) is 0.588. The third-order valence-corrected chi connectivity index (χ3v) is 1.35. The molecule has 0 bridgehead atoms. The van der Waals surface area contributed by atoms with Crippen LogP contribution < -0.4 is 5.32 Å². The summed E-state index contributed by atoms with van der Waals surface area (Å²) >= 11 is 5.68. The van der Waals surface area contributed by atoms with E-state index < -0.39 is 0 Å². The fraction of sp³-hybridized carbons (Fsp3) is 0.429. The Morgan fingerprint density at radius 2 is 2.11 bits per heavy atom. The van der Waals surface area contributed by atoms with Crippen LogP contribution in [0.3, 0.4) is 0 Å². The van der Waals surface area contributed by atoms with E-state index in [1.165, 1.54) is 0 Å². The first-order valence-electron chi connectivity index (χ1n) is 2.88. The highest BCUT2D eigenvalue weighted by molar-refractivity contribution is 6.31. The molecular weight excluding hydrogens is 134 g/mol. The summed E-state index contributed by atoms with van der Waals surface area (Å²) in [5.74, 6) is 0. The van der Waals surface area contributed by atoms with Gasteiger partial charge in [0.15, 0.2) is 0 Å². The van der Waals surface area contributed by atoms with Gasteiger partial charge in [0.2, 0.25) is 0 Å². The zero-order chi connectivity index (χ0) is 7.28. The zero-order valence-corrected chi connectivity index (χ0v) is 6.79. The van der Waals surface area contributed by atoms with Crippen molar-refractivity contribution in [3.63, 3.8) is 0 Å². The summed E-state index contributed by atoms with van der Waals surface area (Å²) in [4.78, 5) is 0. The maximum absolute atomic E-state index is 5.68. The van der Waals surface area contributed by atoms with Crippen molar-refractivity contribution in [2.24, 2.45) is 0 Å². The van der Waals surface area contributed by atoms with Crippen molar-refractivity contribution in [2.45, 2.75) is 13.8 Å². The molecule has 2 heteroatoms. The van der Waals surface area contributed by atoms with E-state index in [0.717, 1.165) is 10.7 Å². The molecule has 0 amide bonds. The van der Waals surface area contributed by atoms with Gasteiger partial charge in [0.05, 0.1) is 0 Å². The van der Waals surface area contributed by atoms with Gasteiger partial charge in [0.25, 0.3) is 0 Å². The molecule has 0 atom stereocenters. The minimum Gasteiger partial charge on any atom is -0.392 e. The first-order chi connectivity index (χ1) is 4.20. The topological polar surface area (TPSA) is 12.0 Å². The van der Waals surface area contributed by atoms with Crippen molar-refractivity contribution < 1.29 is 0 Å². The molecule has 1 N–H and O–H groups in total. The lowest BCUT2D eigenvalue weighted by atomic mass is 10.4. The summed E-state index contributed by atoms with van der Waals surface area (Å²) in [6, 6.07) is 0. The van der Waals surface area contributed by atoms with Crippen LogP contribution in [0.15, 0.2) is 22.9 Å². The van der Waals surface area contributed by atoms with Gasteiger partial charge in [-0.1, -0.05) is 17.7 Å². The Hall–Kier alpha value is -0.430. The third-order valence-electron chi connectivity index (χ3n) is 1.02. The van der Waals surface area contributed by atoms with Crippen LogP contribution in [0.2, 0.25) is 0 Å². The minimum absolute atomic E-state index is 0.766. The smallest absolute Gasteiger partial charge is 0.0380 e. The van der Waals surface area contributed by atoms with Gasteiger partial charge in [-0.2, -0.15) is 0 Å². The molecule has 1 nitrogen and oxygen atoms in total. The average Bonchev–Trinajstić information content (AvgIpc) is 1.87. The molecule has 0 unspecified atom stereocenters. The molecule has 0 spiro atoms. The van der Waals surface area contributed by atoms with Gasteiger partial charge in [-0.25, -0.2) is 0 Å². The molecule has 0 aromatic carbocycles. The molecule has 52 valence electrons. The lowest BCUT2D eigenvalue weighted by molar-refractivity contribution is 0.989. The standard InChI is InChI=1S/C7H12ClN/c1-4-7(8)5-6(2)9-3/h4-5,9H,1-3H3/b6-5+,7-4+. The second-order valence-corrected chi connectivity index (χ2v) is 2.19. The number of allylic oxidation sites excluding steroid dienone is 4. The highest BCUT2D eigenvalue weighted by Crippen LogP contribution is 2.03. The van der Waals surface area contributed by atoms with Gasteiger partial charge in [-0.15, -0.1) is 0 Å². The number of rotatable bonds is 2. The predicted molar refractivity (Wildman–Crippen MR) is 42.4 cm³/mol. The minimum atomic E-state index is 0.766. The largest absolute Gasteiger partial charge is 0.392 e. The normalized spacial score (nSPS) is 13.8. The molecule has 9 heavy (non-hydrogen) atoms. The summed E-state index contributed by atoms with van der Waals surface area (Å²) in [6.07, 6.45) is 3.73. The van der Waals surface area contributed by atoms with Crippen LogP contribution in [-0.4, -0.2) is 7.05 Å². The lowest BCUT2D eigenvalue weighted by Gasteiger charge is -1.95. The molecule has 0 aromatic rings. The predicted octanol–water partition coefficient (Wildman–Crippen LogP) is 2.25. The summed E-state index contributed by atoms with van der Waals surface area (Å²) in [5.41, 5.74) is 1.07. The van der Waals surface area contributed by atoms with Crippen molar-refractivity contribution in [3.05, 3.63) is 22.9 Å². The molecule has 0 fully saturated rings. The van der Waals surface area contributed by atoms with E-state index in [2.05, 4.69) is 5.32 Å². The number of hydrogen-bond acceptors (Lipinski definition) is 1. The van der Waals surface area contributed by atoms with E-state index in [0.29, 0.717) is 0 Å². The Kier molecular flexibility index (Phi) is 4.24. The number of nitrogens with one attached hydrogen (secondary N) is 1. The maximum atomic E-state index is 5.68. The van der Waals surface area contributed by atoms with Crippen LogP contribution in [0.5, 0.6) is 0 Å². The Morgan fingerprint density at radius 3 is 2.44 bits per heavy atom. The fourth-order valence-corrected chi connectivity index (χ4v) is 0.526. The Balaban J connectivity index is 3.95. The van der Waals surface area contributed by atoms with Crippen LogP contribution in [0.25, 0.3) is 0 Å². The second-order valence-electron chi connectivity index (χ2n) is 1.75. The van der Waals surface area contributed by atoms with E-state index in [1.807, 2.05) is 33.0 Å². The van der Waals surface area contributed by atoms with Crippen LogP contribution in [-0.2, 0) is 0 Å². The molecule has 0 saturated heterocycles. The lowest BCUT2D eigenvalue weighted by Crippen LogP contribution is -2.00. The molecule has 0 aromatic heterocycles. The summed E-state index contributed by atoms with van der Waals surface area (Å²) in [5, 5.41) is 3.73. The molecule has 0 aliphatic heterocycles. The molecule has 0 saturated carbocycles. The summed E-state index contributed by atoms with van der Waals surface area (Å²) in [7, 11) is 1.87. The van der Waals surface area contributed by atoms with Crippen molar-refractivity contribution in [1.29, 1.82) is 0 Å². The Bertz CT molecular complexity index is 136. The van der Waals surface area contributed by atoms with Gasteiger partial charge in [-0.3, -0.25) is 0 Å². The van der Waals surface area contributed by atoms with Crippen molar-refractivity contribution in [3.8, 4) is 0 Å². The van der Waals surface area contributed by atoms with E-state index in [4.69, 9.17) is 11.6 Å². The Labute approximate surface area is 61.4 Å². The maximum Gasteiger partial charge on any atom is 0.0380 e. The fourth-order valence-electron chi connectivity index (χ4n) is 0.362. The number of halogens is 1. The van der Waals surface area contributed by atoms with Gasteiger partial charge in [0.1, 0.15) is 0 Å². The van der Waals surface area contributed by atoms with Crippen LogP contribution in [0.1, 0.15) is 13.8 Å². The van der Waals surface area contributed by atoms with Crippen molar-refractivity contribution in [2.75, 3.05) is 7.05 Å². The second kappa shape index (κ2) is 4.45. The highest BCUT2D eigenvalue weighted by Gasteiger charge is 1.83.